The molecule has 1 N–H and O–H groups in total. The SMILES string of the molecule is O=C(Cn1c(=O)n(Cc2ccc(Cl)cc2)c(=O)c2ncccc21)NC1CCCC1. The summed E-state index contributed by atoms with van der Waals surface area (Å²) >= 11 is 5.92. The van der Waals surface area contributed by atoms with Crippen molar-refractivity contribution in [3.05, 3.63) is 74.0 Å². The van der Waals surface area contributed by atoms with Crippen LogP contribution in [0, 0.1) is 0 Å². The lowest BCUT2D eigenvalue weighted by atomic mass is 10.2. The highest BCUT2D eigenvalue weighted by atomic mass is 35.5. The fourth-order valence-corrected chi connectivity index (χ4v) is 3.92. The highest BCUT2D eigenvalue weighted by Crippen LogP contribution is 2.17. The van der Waals surface area contributed by atoms with E-state index >= 15 is 0 Å². The van der Waals surface area contributed by atoms with Gasteiger partial charge in [0.05, 0.1) is 12.1 Å². The molecule has 0 radical (unpaired) electrons. The molecule has 8 heteroatoms. The van der Waals surface area contributed by atoms with Gasteiger partial charge in [0, 0.05) is 17.3 Å². The number of pyridine rings is 1. The minimum Gasteiger partial charge on any atom is -0.352 e. The molecule has 0 unspecified atom stereocenters. The molecule has 1 aliphatic carbocycles. The maximum Gasteiger partial charge on any atom is 0.332 e. The molecule has 3 aromatic rings. The summed E-state index contributed by atoms with van der Waals surface area (Å²) in [6, 6.07) is 10.4. The lowest BCUT2D eigenvalue weighted by Crippen LogP contribution is -2.44. The number of nitrogens with one attached hydrogen (secondary N) is 1. The Hall–Kier alpha value is -2.93. The Kier molecular flexibility index (Phi) is 5.49. The Labute approximate surface area is 172 Å². The van der Waals surface area contributed by atoms with Crippen LogP contribution in [0.25, 0.3) is 11.0 Å². The van der Waals surface area contributed by atoms with Gasteiger partial charge in [-0.15, -0.1) is 0 Å². The van der Waals surface area contributed by atoms with Gasteiger partial charge in [0.1, 0.15) is 6.54 Å². The van der Waals surface area contributed by atoms with E-state index in [1.165, 1.54) is 10.8 Å². The molecule has 0 bridgehead atoms. The van der Waals surface area contributed by atoms with Crippen molar-refractivity contribution in [2.24, 2.45) is 0 Å². The summed E-state index contributed by atoms with van der Waals surface area (Å²) in [7, 11) is 0. The summed E-state index contributed by atoms with van der Waals surface area (Å²) in [5, 5.41) is 3.56. The highest BCUT2D eigenvalue weighted by molar-refractivity contribution is 6.30. The van der Waals surface area contributed by atoms with Gasteiger partial charge in [-0.1, -0.05) is 36.6 Å². The molecule has 29 heavy (non-hydrogen) atoms. The average Bonchev–Trinajstić information content (AvgIpc) is 3.23. The minimum absolute atomic E-state index is 0.0750. The zero-order chi connectivity index (χ0) is 20.4. The van der Waals surface area contributed by atoms with Crippen LogP contribution in [0.5, 0.6) is 0 Å². The Morgan fingerprint density at radius 3 is 2.55 bits per heavy atom. The molecular weight excluding hydrogens is 392 g/mol. The van der Waals surface area contributed by atoms with Crippen LogP contribution in [0.15, 0.2) is 52.2 Å². The van der Waals surface area contributed by atoms with E-state index < -0.39 is 11.2 Å². The third kappa shape index (κ3) is 4.10. The number of hydrogen-bond acceptors (Lipinski definition) is 4. The van der Waals surface area contributed by atoms with E-state index in [-0.39, 0.29) is 30.6 Å². The van der Waals surface area contributed by atoms with Gasteiger partial charge in [-0.25, -0.2) is 9.78 Å². The number of halogens is 1. The number of carbonyl (C=O) groups excluding carboxylic acids is 1. The third-order valence-electron chi connectivity index (χ3n) is 5.26. The molecular formula is C21H21ClN4O3. The number of aromatic nitrogens is 3. The number of amides is 1. The van der Waals surface area contributed by atoms with E-state index in [0.717, 1.165) is 35.8 Å². The third-order valence-corrected chi connectivity index (χ3v) is 5.51. The zero-order valence-electron chi connectivity index (χ0n) is 15.8. The number of benzene rings is 1. The molecule has 1 aromatic carbocycles. The van der Waals surface area contributed by atoms with Crippen LogP contribution >= 0.6 is 11.6 Å². The lowest BCUT2D eigenvalue weighted by Gasteiger charge is -2.16. The van der Waals surface area contributed by atoms with Crippen LogP contribution in [0.2, 0.25) is 5.02 Å². The monoisotopic (exact) mass is 412 g/mol. The standard InChI is InChI=1S/C21H21ClN4O3/c22-15-9-7-14(8-10-15)12-26-20(28)19-17(6-3-11-23-19)25(21(26)29)13-18(27)24-16-4-1-2-5-16/h3,6-11,16H,1-2,4-5,12-13H2,(H,24,27). The molecule has 2 heterocycles. The Morgan fingerprint density at radius 1 is 1.10 bits per heavy atom. The van der Waals surface area contributed by atoms with Crippen molar-refractivity contribution in [2.45, 2.75) is 44.8 Å². The van der Waals surface area contributed by atoms with E-state index in [1.807, 2.05) is 0 Å². The molecule has 4 rings (SSSR count). The molecule has 0 atom stereocenters. The first-order valence-electron chi connectivity index (χ1n) is 9.65. The second-order valence-electron chi connectivity index (χ2n) is 7.31. The van der Waals surface area contributed by atoms with Crippen molar-refractivity contribution in [1.82, 2.24) is 19.4 Å². The Bertz CT molecular complexity index is 1160. The molecule has 0 spiro atoms. The van der Waals surface area contributed by atoms with Crippen molar-refractivity contribution < 1.29 is 4.79 Å². The van der Waals surface area contributed by atoms with Gasteiger partial charge in [0.15, 0.2) is 5.52 Å². The molecule has 0 saturated heterocycles. The van der Waals surface area contributed by atoms with E-state index in [4.69, 9.17) is 11.6 Å². The fourth-order valence-electron chi connectivity index (χ4n) is 3.79. The number of hydrogen-bond donors (Lipinski definition) is 1. The van der Waals surface area contributed by atoms with Crippen LogP contribution in [0.1, 0.15) is 31.2 Å². The Balaban J connectivity index is 1.74. The van der Waals surface area contributed by atoms with Crippen molar-refractivity contribution in [2.75, 3.05) is 0 Å². The summed E-state index contributed by atoms with van der Waals surface area (Å²) in [6.45, 7) is -0.0793. The average molecular weight is 413 g/mol. The second kappa shape index (κ2) is 8.21. The highest BCUT2D eigenvalue weighted by Gasteiger charge is 2.20. The topological polar surface area (TPSA) is 86.0 Å². The van der Waals surface area contributed by atoms with Crippen molar-refractivity contribution in [1.29, 1.82) is 0 Å². The van der Waals surface area contributed by atoms with Crippen LogP contribution in [0.4, 0.5) is 0 Å². The molecule has 1 aliphatic rings. The van der Waals surface area contributed by atoms with Gasteiger partial charge in [-0.3, -0.25) is 18.7 Å². The van der Waals surface area contributed by atoms with Crippen LogP contribution in [0.3, 0.4) is 0 Å². The van der Waals surface area contributed by atoms with Crippen LogP contribution < -0.4 is 16.6 Å². The molecule has 0 aliphatic heterocycles. The summed E-state index contributed by atoms with van der Waals surface area (Å²) < 4.78 is 2.44. The summed E-state index contributed by atoms with van der Waals surface area (Å²) in [6.07, 6.45) is 5.62. The van der Waals surface area contributed by atoms with E-state index in [9.17, 15) is 14.4 Å². The predicted molar refractivity (Wildman–Crippen MR) is 111 cm³/mol. The van der Waals surface area contributed by atoms with Gasteiger partial charge in [-0.2, -0.15) is 0 Å². The minimum atomic E-state index is -0.535. The van der Waals surface area contributed by atoms with Gasteiger partial charge in [0.25, 0.3) is 5.56 Å². The molecule has 150 valence electrons. The molecule has 1 saturated carbocycles. The maximum absolute atomic E-state index is 13.1. The first-order valence-corrected chi connectivity index (χ1v) is 10.0. The first kappa shape index (κ1) is 19.4. The Morgan fingerprint density at radius 2 is 1.83 bits per heavy atom. The normalized spacial score (nSPS) is 14.4. The van der Waals surface area contributed by atoms with E-state index in [0.29, 0.717) is 10.5 Å². The van der Waals surface area contributed by atoms with Crippen LogP contribution in [-0.2, 0) is 17.9 Å². The van der Waals surface area contributed by atoms with Crippen LogP contribution in [-0.4, -0.2) is 26.1 Å². The number of fused-ring (bicyclic) bond motifs is 1. The molecule has 1 amide bonds. The quantitative estimate of drug-likeness (QED) is 0.696. The van der Waals surface area contributed by atoms with Gasteiger partial charge in [0.2, 0.25) is 5.91 Å². The largest absolute Gasteiger partial charge is 0.352 e. The van der Waals surface area contributed by atoms with Crippen molar-refractivity contribution in [3.63, 3.8) is 0 Å². The summed E-state index contributed by atoms with van der Waals surface area (Å²) in [5.41, 5.74) is 0.261. The first-order chi connectivity index (χ1) is 14.0. The van der Waals surface area contributed by atoms with Crippen molar-refractivity contribution in [3.8, 4) is 0 Å². The van der Waals surface area contributed by atoms with Gasteiger partial charge < -0.3 is 5.32 Å². The molecule has 7 nitrogen and oxygen atoms in total. The molecule has 1 fully saturated rings. The van der Waals surface area contributed by atoms with Gasteiger partial charge in [-0.05, 0) is 42.7 Å². The second-order valence-corrected chi connectivity index (χ2v) is 7.74. The fraction of sp³-hybridized carbons (Fsp3) is 0.333. The zero-order valence-corrected chi connectivity index (χ0v) is 16.6. The van der Waals surface area contributed by atoms with E-state index in [1.54, 1.807) is 36.4 Å². The summed E-state index contributed by atoms with van der Waals surface area (Å²) in [4.78, 5) is 42.8. The van der Waals surface area contributed by atoms with Crippen molar-refractivity contribution >= 4 is 28.5 Å². The number of nitrogens with zero attached hydrogens (tertiary/aromatic N) is 3. The number of carbonyl (C=O) groups is 1. The van der Waals surface area contributed by atoms with Gasteiger partial charge >= 0.3 is 5.69 Å². The predicted octanol–water partition coefficient (Wildman–Crippen LogP) is 2.32. The summed E-state index contributed by atoms with van der Waals surface area (Å²) in [5.74, 6) is -0.235. The smallest absolute Gasteiger partial charge is 0.332 e. The molecule has 2 aromatic heterocycles. The number of rotatable bonds is 5. The van der Waals surface area contributed by atoms with E-state index in [2.05, 4.69) is 10.3 Å². The maximum atomic E-state index is 13.1. The lowest BCUT2D eigenvalue weighted by molar-refractivity contribution is -0.122.